The first-order valence-electron chi connectivity index (χ1n) is 7.08. The number of carbonyl (C=O) groups is 1. The Morgan fingerprint density at radius 2 is 1.89 bits per heavy atom. The highest BCUT2D eigenvalue weighted by Crippen LogP contribution is 2.32. The fourth-order valence-corrected chi connectivity index (χ4v) is 2.63. The van der Waals surface area contributed by atoms with E-state index in [1.807, 2.05) is 6.92 Å². The largest absolute Gasteiger partial charge is 0.481 e. The SMILES string of the molecule is CCc1ccc(C(C)N2CC(C(C)C(=O)O)C2)cc1. The van der Waals surface area contributed by atoms with Crippen molar-refractivity contribution in [3.8, 4) is 0 Å². The van der Waals surface area contributed by atoms with Crippen molar-refractivity contribution in [2.24, 2.45) is 11.8 Å². The third-order valence-electron chi connectivity index (χ3n) is 4.45. The van der Waals surface area contributed by atoms with Gasteiger partial charge in [0.05, 0.1) is 5.92 Å². The number of aliphatic carboxylic acids is 1. The highest BCUT2D eigenvalue weighted by Gasteiger charge is 2.36. The molecular weight excluding hydrogens is 238 g/mol. The van der Waals surface area contributed by atoms with Crippen LogP contribution in [0.3, 0.4) is 0 Å². The molecule has 0 aromatic heterocycles. The molecule has 0 saturated carbocycles. The molecule has 1 saturated heterocycles. The van der Waals surface area contributed by atoms with Gasteiger partial charge in [-0.2, -0.15) is 0 Å². The average Bonchev–Trinajstić information content (AvgIpc) is 2.36. The molecule has 19 heavy (non-hydrogen) atoms. The van der Waals surface area contributed by atoms with Crippen molar-refractivity contribution < 1.29 is 9.90 Å². The molecule has 1 aromatic rings. The van der Waals surface area contributed by atoms with Crippen LogP contribution in [0.15, 0.2) is 24.3 Å². The molecule has 2 atom stereocenters. The lowest BCUT2D eigenvalue weighted by Gasteiger charge is -2.45. The molecular formula is C16H23NO2. The van der Waals surface area contributed by atoms with Crippen LogP contribution in [0.5, 0.6) is 0 Å². The summed E-state index contributed by atoms with van der Waals surface area (Å²) in [7, 11) is 0. The monoisotopic (exact) mass is 261 g/mol. The van der Waals surface area contributed by atoms with Crippen molar-refractivity contribution in [1.82, 2.24) is 4.90 Å². The van der Waals surface area contributed by atoms with Crippen molar-refractivity contribution in [2.75, 3.05) is 13.1 Å². The lowest BCUT2D eigenvalue weighted by molar-refractivity contribution is -0.146. The molecule has 0 bridgehead atoms. The summed E-state index contributed by atoms with van der Waals surface area (Å²) in [5.41, 5.74) is 2.68. The summed E-state index contributed by atoms with van der Waals surface area (Å²) in [4.78, 5) is 13.3. The van der Waals surface area contributed by atoms with E-state index >= 15 is 0 Å². The summed E-state index contributed by atoms with van der Waals surface area (Å²) in [5.74, 6) is -0.606. The van der Waals surface area contributed by atoms with E-state index in [-0.39, 0.29) is 5.92 Å². The van der Waals surface area contributed by atoms with Crippen LogP contribution in [0.25, 0.3) is 0 Å². The molecule has 0 spiro atoms. The molecule has 2 unspecified atom stereocenters. The van der Waals surface area contributed by atoms with Gasteiger partial charge in [0.1, 0.15) is 0 Å². The van der Waals surface area contributed by atoms with E-state index in [9.17, 15) is 4.79 Å². The fraction of sp³-hybridized carbons (Fsp3) is 0.562. The summed E-state index contributed by atoms with van der Waals surface area (Å²) in [5, 5.41) is 9.00. The molecule has 1 aromatic carbocycles. The first-order chi connectivity index (χ1) is 9.02. The van der Waals surface area contributed by atoms with Crippen molar-refractivity contribution in [1.29, 1.82) is 0 Å². The van der Waals surface area contributed by atoms with Gasteiger partial charge in [-0.1, -0.05) is 38.1 Å². The zero-order chi connectivity index (χ0) is 14.0. The Kier molecular flexibility index (Phi) is 4.25. The van der Waals surface area contributed by atoms with E-state index in [1.165, 1.54) is 11.1 Å². The van der Waals surface area contributed by atoms with Gasteiger partial charge in [-0.3, -0.25) is 9.69 Å². The van der Waals surface area contributed by atoms with Crippen LogP contribution in [0.4, 0.5) is 0 Å². The number of rotatable bonds is 5. The van der Waals surface area contributed by atoms with Gasteiger partial charge in [-0.15, -0.1) is 0 Å². The second-order valence-electron chi connectivity index (χ2n) is 5.61. The summed E-state index contributed by atoms with van der Waals surface area (Å²) >= 11 is 0. The Balaban J connectivity index is 1.92. The summed E-state index contributed by atoms with van der Waals surface area (Å²) in [6.07, 6.45) is 1.07. The molecule has 2 rings (SSSR count). The molecule has 1 N–H and O–H groups in total. The van der Waals surface area contributed by atoms with E-state index in [2.05, 4.69) is 43.0 Å². The Morgan fingerprint density at radius 3 is 2.37 bits per heavy atom. The summed E-state index contributed by atoms with van der Waals surface area (Å²) in [6, 6.07) is 9.13. The second-order valence-corrected chi connectivity index (χ2v) is 5.61. The maximum Gasteiger partial charge on any atom is 0.306 e. The third kappa shape index (κ3) is 2.98. The van der Waals surface area contributed by atoms with Crippen LogP contribution in [0.2, 0.25) is 0 Å². The Hall–Kier alpha value is -1.35. The molecule has 3 nitrogen and oxygen atoms in total. The topological polar surface area (TPSA) is 40.5 Å². The predicted octanol–water partition coefficient (Wildman–Crippen LogP) is 2.96. The zero-order valence-electron chi connectivity index (χ0n) is 12.0. The highest BCUT2D eigenvalue weighted by molar-refractivity contribution is 5.70. The quantitative estimate of drug-likeness (QED) is 0.886. The van der Waals surface area contributed by atoms with E-state index in [4.69, 9.17) is 5.11 Å². The van der Waals surface area contributed by atoms with Gasteiger partial charge in [-0.05, 0) is 30.4 Å². The number of hydrogen-bond donors (Lipinski definition) is 1. The maximum absolute atomic E-state index is 10.9. The van der Waals surface area contributed by atoms with E-state index in [0.717, 1.165) is 19.5 Å². The minimum Gasteiger partial charge on any atom is -0.481 e. The number of nitrogens with zero attached hydrogens (tertiary/aromatic N) is 1. The average molecular weight is 261 g/mol. The molecule has 1 aliphatic heterocycles. The van der Waals surface area contributed by atoms with Crippen LogP contribution in [-0.4, -0.2) is 29.1 Å². The van der Waals surface area contributed by atoms with Crippen LogP contribution in [-0.2, 0) is 11.2 Å². The van der Waals surface area contributed by atoms with Crippen LogP contribution >= 0.6 is 0 Å². The minimum absolute atomic E-state index is 0.231. The zero-order valence-corrected chi connectivity index (χ0v) is 12.0. The van der Waals surface area contributed by atoms with Crippen LogP contribution < -0.4 is 0 Å². The highest BCUT2D eigenvalue weighted by atomic mass is 16.4. The van der Waals surface area contributed by atoms with Crippen molar-refractivity contribution in [2.45, 2.75) is 33.2 Å². The number of likely N-dealkylation sites (tertiary alicyclic amines) is 1. The predicted molar refractivity (Wildman–Crippen MR) is 76.1 cm³/mol. The minimum atomic E-state index is -0.676. The molecule has 3 heteroatoms. The number of carboxylic acid groups (broad SMARTS) is 1. The molecule has 0 amide bonds. The Bertz CT molecular complexity index is 435. The van der Waals surface area contributed by atoms with Crippen molar-refractivity contribution >= 4 is 5.97 Å². The van der Waals surface area contributed by atoms with Gasteiger partial charge < -0.3 is 5.11 Å². The van der Waals surface area contributed by atoms with E-state index in [1.54, 1.807) is 0 Å². The number of aryl methyl sites for hydroxylation is 1. The van der Waals surface area contributed by atoms with Crippen LogP contribution in [0.1, 0.15) is 37.9 Å². The fourth-order valence-electron chi connectivity index (χ4n) is 2.63. The molecule has 104 valence electrons. The maximum atomic E-state index is 10.9. The lowest BCUT2D eigenvalue weighted by atomic mass is 9.85. The normalized spacial score (nSPS) is 19.7. The molecule has 0 radical (unpaired) electrons. The van der Waals surface area contributed by atoms with E-state index in [0.29, 0.717) is 12.0 Å². The molecule has 1 heterocycles. The second kappa shape index (κ2) is 5.74. The van der Waals surface area contributed by atoms with Crippen LogP contribution in [0, 0.1) is 11.8 Å². The van der Waals surface area contributed by atoms with Gasteiger partial charge in [-0.25, -0.2) is 0 Å². The Morgan fingerprint density at radius 1 is 1.32 bits per heavy atom. The smallest absolute Gasteiger partial charge is 0.306 e. The first-order valence-corrected chi connectivity index (χ1v) is 7.08. The van der Waals surface area contributed by atoms with Gasteiger partial charge in [0.15, 0.2) is 0 Å². The summed E-state index contributed by atoms with van der Waals surface area (Å²) < 4.78 is 0. The van der Waals surface area contributed by atoms with E-state index < -0.39 is 5.97 Å². The van der Waals surface area contributed by atoms with Gasteiger partial charge >= 0.3 is 5.97 Å². The Labute approximate surface area is 115 Å². The van der Waals surface area contributed by atoms with Gasteiger partial charge in [0.2, 0.25) is 0 Å². The molecule has 1 fully saturated rings. The standard InChI is InChI=1S/C16H23NO2/c1-4-13-5-7-14(8-6-13)12(3)17-9-15(10-17)11(2)16(18)19/h5-8,11-12,15H,4,9-10H2,1-3H3,(H,18,19). The molecule has 0 aliphatic carbocycles. The van der Waals surface area contributed by atoms with Gasteiger partial charge in [0, 0.05) is 19.1 Å². The number of benzene rings is 1. The number of carboxylic acids is 1. The van der Waals surface area contributed by atoms with Gasteiger partial charge in [0.25, 0.3) is 0 Å². The molecule has 1 aliphatic rings. The number of hydrogen-bond acceptors (Lipinski definition) is 2. The third-order valence-corrected chi connectivity index (χ3v) is 4.45. The van der Waals surface area contributed by atoms with Crippen molar-refractivity contribution in [3.63, 3.8) is 0 Å². The van der Waals surface area contributed by atoms with Crippen molar-refractivity contribution in [3.05, 3.63) is 35.4 Å². The lowest BCUT2D eigenvalue weighted by Crippen LogP contribution is -2.51. The summed E-state index contributed by atoms with van der Waals surface area (Å²) in [6.45, 7) is 7.95. The first kappa shape index (κ1) is 14.1.